The molecule has 0 saturated carbocycles. The van der Waals surface area contributed by atoms with E-state index in [1.807, 2.05) is 31.2 Å². The minimum atomic E-state index is -0.977. The molecule has 4 rings (SSSR count). The van der Waals surface area contributed by atoms with Crippen molar-refractivity contribution < 1.29 is 24.2 Å². The van der Waals surface area contributed by atoms with Crippen molar-refractivity contribution in [1.82, 2.24) is 5.32 Å². The van der Waals surface area contributed by atoms with Crippen LogP contribution in [0.3, 0.4) is 0 Å². The van der Waals surface area contributed by atoms with Gasteiger partial charge in [0.1, 0.15) is 6.61 Å². The maximum Gasteiger partial charge on any atom is 0.407 e. The van der Waals surface area contributed by atoms with E-state index in [2.05, 4.69) is 29.6 Å². The van der Waals surface area contributed by atoms with Crippen molar-refractivity contribution >= 4 is 12.1 Å². The predicted molar refractivity (Wildman–Crippen MR) is 112 cm³/mol. The van der Waals surface area contributed by atoms with Gasteiger partial charge in [0.25, 0.3) is 0 Å². The molecule has 0 bridgehead atoms. The van der Waals surface area contributed by atoms with Crippen LogP contribution in [0, 0.1) is 0 Å². The fraction of sp³-hybridized carbons (Fsp3) is 0.417. The monoisotopic (exact) mass is 409 g/mol. The molecule has 6 heteroatoms. The third-order valence-electron chi connectivity index (χ3n) is 6.25. The summed E-state index contributed by atoms with van der Waals surface area (Å²) in [7, 11) is 0. The van der Waals surface area contributed by atoms with Crippen LogP contribution in [0.15, 0.2) is 48.5 Å². The van der Waals surface area contributed by atoms with Crippen LogP contribution in [0.5, 0.6) is 0 Å². The van der Waals surface area contributed by atoms with Crippen LogP contribution in [0.4, 0.5) is 4.79 Å². The van der Waals surface area contributed by atoms with E-state index >= 15 is 0 Å². The van der Waals surface area contributed by atoms with Crippen molar-refractivity contribution in [1.29, 1.82) is 0 Å². The summed E-state index contributed by atoms with van der Waals surface area (Å²) in [6.45, 7) is 2.62. The summed E-state index contributed by atoms with van der Waals surface area (Å²) in [5.74, 6) is -1.02. The summed E-state index contributed by atoms with van der Waals surface area (Å²) >= 11 is 0. The number of carboxylic acids is 1. The summed E-state index contributed by atoms with van der Waals surface area (Å²) < 4.78 is 11.5. The lowest BCUT2D eigenvalue weighted by atomic mass is 9.86. The average Bonchev–Trinajstić information content (AvgIpc) is 3.06. The van der Waals surface area contributed by atoms with Gasteiger partial charge in [-0.15, -0.1) is 0 Å². The first-order chi connectivity index (χ1) is 14.5. The molecule has 2 atom stereocenters. The highest BCUT2D eigenvalue weighted by Gasteiger charge is 2.39. The van der Waals surface area contributed by atoms with E-state index in [0.717, 1.165) is 35.1 Å². The topological polar surface area (TPSA) is 84.9 Å². The predicted octanol–water partition coefficient (Wildman–Crippen LogP) is 4.33. The molecule has 1 heterocycles. The van der Waals surface area contributed by atoms with Crippen molar-refractivity contribution in [3.63, 3.8) is 0 Å². The van der Waals surface area contributed by atoms with Gasteiger partial charge in [-0.05, 0) is 48.4 Å². The average molecular weight is 409 g/mol. The number of hydrogen-bond acceptors (Lipinski definition) is 4. The number of aliphatic carboxylic acids is 1. The zero-order chi connectivity index (χ0) is 21.1. The minimum Gasteiger partial charge on any atom is -0.481 e. The molecule has 0 aromatic heterocycles. The van der Waals surface area contributed by atoms with E-state index in [0.29, 0.717) is 13.0 Å². The second kappa shape index (κ2) is 8.48. The van der Waals surface area contributed by atoms with E-state index in [4.69, 9.17) is 9.47 Å². The molecule has 1 saturated heterocycles. The lowest BCUT2D eigenvalue weighted by molar-refractivity contribution is -0.142. The second-order valence-corrected chi connectivity index (χ2v) is 8.24. The van der Waals surface area contributed by atoms with Gasteiger partial charge in [0, 0.05) is 12.5 Å². The maximum absolute atomic E-state index is 12.6. The first-order valence-corrected chi connectivity index (χ1v) is 10.5. The molecular formula is C24H27NO5. The van der Waals surface area contributed by atoms with Crippen LogP contribution in [0.1, 0.15) is 49.7 Å². The number of carboxylic acid groups (broad SMARTS) is 1. The molecule has 1 fully saturated rings. The Balaban J connectivity index is 1.45. The van der Waals surface area contributed by atoms with Crippen LogP contribution >= 0.6 is 0 Å². The molecule has 1 aliphatic carbocycles. The first-order valence-electron chi connectivity index (χ1n) is 10.5. The number of hydrogen-bond donors (Lipinski definition) is 2. The number of rotatable bonds is 6. The fourth-order valence-electron chi connectivity index (χ4n) is 4.61. The number of carbonyl (C=O) groups excluding carboxylic acids is 1. The Kier molecular flexibility index (Phi) is 5.77. The number of carbonyl (C=O) groups is 2. The zero-order valence-electron chi connectivity index (χ0n) is 17.1. The van der Waals surface area contributed by atoms with Gasteiger partial charge in [0.2, 0.25) is 0 Å². The van der Waals surface area contributed by atoms with E-state index in [1.54, 1.807) is 0 Å². The molecule has 1 aliphatic heterocycles. The summed E-state index contributed by atoms with van der Waals surface area (Å²) in [6, 6.07) is 15.6. The van der Waals surface area contributed by atoms with Gasteiger partial charge in [0.15, 0.2) is 0 Å². The summed E-state index contributed by atoms with van der Waals surface area (Å²) in [5, 5.41) is 12.1. The van der Waals surface area contributed by atoms with E-state index in [9.17, 15) is 14.7 Å². The van der Waals surface area contributed by atoms with Crippen molar-refractivity contribution in [3.8, 4) is 11.1 Å². The highest BCUT2D eigenvalue weighted by atomic mass is 16.6. The number of nitrogens with one attached hydrogen (secondary N) is 1. The molecule has 1 amide bonds. The Bertz CT molecular complexity index is 889. The summed E-state index contributed by atoms with van der Waals surface area (Å²) in [6.07, 6.45) is 1.77. The Labute approximate surface area is 176 Å². The quantitative estimate of drug-likeness (QED) is 0.742. The lowest BCUT2D eigenvalue weighted by Gasteiger charge is -2.40. The molecule has 0 radical (unpaired) electrons. The lowest BCUT2D eigenvalue weighted by Crippen LogP contribution is -2.54. The third-order valence-corrected chi connectivity index (χ3v) is 6.25. The Hall–Kier alpha value is -2.86. The van der Waals surface area contributed by atoms with Crippen LogP contribution < -0.4 is 5.32 Å². The van der Waals surface area contributed by atoms with E-state index in [-0.39, 0.29) is 18.9 Å². The number of ether oxygens (including phenoxy) is 2. The fourth-order valence-corrected chi connectivity index (χ4v) is 4.61. The van der Waals surface area contributed by atoms with Gasteiger partial charge in [0.05, 0.1) is 18.1 Å². The van der Waals surface area contributed by atoms with Crippen LogP contribution in [0.25, 0.3) is 11.1 Å². The molecule has 2 aliphatic rings. The van der Waals surface area contributed by atoms with Crippen molar-refractivity contribution in [2.75, 3.05) is 13.2 Å². The SMILES string of the molecule is CC1([C@@H](CC(=O)O)NC(=O)OCC2c3ccccc3-c3ccccc32)CCCCO1. The highest BCUT2D eigenvalue weighted by molar-refractivity contribution is 5.79. The number of alkyl carbamates (subject to hydrolysis) is 1. The number of amides is 1. The standard InChI is InChI=1S/C24H27NO5/c1-24(12-6-7-13-30-24)21(14-22(26)27)25-23(28)29-15-20-18-10-4-2-8-16(18)17-9-3-5-11-19(17)20/h2-5,8-11,20-21H,6-7,12-15H2,1H3,(H,25,28)(H,26,27)/t21-,24?/m1/s1. The number of benzene rings is 2. The number of fused-ring (bicyclic) bond motifs is 3. The van der Waals surface area contributed by atoms with Crippen LogP contribution in [0.2, 0.25) is 0 Å². The summed E-state index contributed by atoms with van der Waals surface area (Å²) in [4.78, 5) is 24.0. The highest BCUT2D eigenvalue weighted by Crippen LogP contribution is 2.44. The first kappa shape index (κ1) is 20.4. The van der Waals surface area contributed by atoms with E-state index < -0.39 is 23.7 Å². The van der Waals surface area contributed by atoms with Crippen LogP contribution in [-0.2, 0) is 14.3 Å². The van der Waals surface area contributed by atoms with Crippen molar-refractivity contribution in [3.05, 3.63) is 59.7 Å². The molecular weight excluding hydrogens is 382 g/mol. The zero-order valence-corrected chi connectivity index (χ0v) is 17.1. The molecule has 0 spiro atoms. The molecule has 30 heavy (non-hydrogen) atoms. The largest absolute Gasteiger partial charge is 0.481 e. The van der Waals surface area contributed by atoms with Crippen molar-refractivity contribution in [2.24, 2.45) is 0 Å². The molecule has 2 aromatic carbocycles. The van der Waals surface area contributed by atoms with Gasteiger partial charge in [-0.2, -0.15) is 0 Å². The van der Waals surface area contributed by atoms with Crippen LogP contribution in [-0.4, -0.2) is 42.0 Å². The normalized spacial score (nSPS) is 21.4. The Morgan fingerprint density at radius 1 is 1.13 bits per heavy atom. The molecule has 6 nitrogen and oxygen atoms in total. The molecule has 2 aromatic rings. The maximum atomic E-state index is 12.6. The molecule has 158 valence electrons. The van der Waals surface area contributed by atoms with Gasteiger partial charge < -0.3 is 19.9 Å². The van der Waals surface area contributed by atoms with Crippen molar-refractivity contribution in [2.45, 2.75) is 50.2 Å². The van der Waals surface area contributed by atoms with E-state index in [1.165, 1.54) is 0 Å². The Morgan fingerprint density at radius 2 is 1.77 bits per heavy atom. The molecule has 1 unspecified atom stereocenters. The van der Waals surface area contributed by atoms with Gasteiger partial charge >= 0.3 is 12.1 Å². The summed E-state index contributed by atoms with van der Waals surface area (Å²) in [5.41, 5.74) is 3.89. The minimum absolute atomic E-state index is 0.0393. The van der Waals surface area contributed by atoms with Gasteiger partial charge in [-0.1, -0.05) is 48.5 Å². The Morgan fingerprint density at radius 3 is 2.33 bits per heavy atom. The molecule has 2 N–H and O–H groups in total. The second-order valence-electron chi connectivity index (χ2n) is 8.24. The smallest absolute Gasteiger partial charge is 0.407 e. The van der Waals surface area contributed by atoms with Gasteiger partial charge in [-0.3, -0.25) is 4.79 Å². The third kappa shape index (κ3) is 4.05. The van der Waals surface area contributed by atoms with Gasteiger partial charge in [-0.25, -0.2) is 4.79 Å².